The zero-order valence-corrected chi connectivity index (χ0v) is 14.7. The van der Waals surface area contributed by atoms with E-state index in [4.69, 9.17) is 0 Å². The molecule has 1 atom stereocenters. The van der Waals surface area contributed by atoms with Gasteiger partial charge in [0, 0.05) is 20.9 Å². The van der Waals surface area contributed by atoms with Gasteiger partial charge in [-0.05, 0) is 62.7 Å². The van der Waals surface area contributed by atoms with E-state index in [2.05, 4.69) is 66.4 Å². The number of thiophene rings is 1. The van der Waals surface area contributed by atoms with Crippen molar-refractivity contribution in [2.45, 2.75) is 6.04 Å². The standard InChI is InChI=1S/C15H12Br2N2S/c1-18-14(13-8-11(16)15(17)20-13)10-4-2-6-12-9(10)5-3-7-19-12/h2-8,14,18H,1H3. The van der Waals surface area contributed by atoms with Crippen LogP contribution >= 0.6 is 43.2 Å². The number of benzene rings is 1. The number of fused-ring (bicyclic) bond motifs is 1. The molecular weight excluding hydrogens is 400 g/mol. The van der Waals surface area contributed by atoms with Gasteiger partial charge in [-0.1, -0.05) is 18.2 Å². The van der Waals surface area contributed by atoms with Crippen LogP contribution in [0.5, 0.6) is 0 Å². The Kier molecular flexibility index (Phi) is 4.21. The van der Waals surface area contributed by atoms with Gasteiger partial charge in [0.25, 0.3) is 0 Å². The van der Waals surface area contributed by atoms with Gasteiger partial charge in [0.15, 0.2) is 0 Å². The molecule has 0 aliphatic carbocycles. The summed E-state index contributed by atoms with van der Waals surface area (Å²) in [6, 6.07) is 12.7. The van der Waals surface area contributed by atoms with E-state index in [-0.39, 0.29) is 6.04 Å². The quantitative estimate of drug-likeness (QED) is 0.646. The maximum absolute atomic E-state index is 4.43. The lowest BCUT2D eigenvalue weighted by atomic mass is 10.0. The van der Waals surface area contributed by atoms with E-state index in [0.717, 1.165) is 13.8 Å². The molecule has 0 saturated heterocycles. The van der Waals surface area contributed by atoms with Crippen molar-refractivity contribution in [1.82, 2.24) is 10.3 Å². The summed E-state index contributed by atoms with van der Waals surface area (Å²) in [5.74, 6) is 0. The minimum atomic E-state index is 0.162. The van der Waals surface area contributed by atoms with Crippen LogP contribution in [-0.2, 0) is 0 Å². The van der Waals surface area contributed by atoms with E-state index in [1.807, 2.05) is 25.4 Å². The Morgan fingerprint density at radius 2 is 2.05 bits per heavy atom. The summed E-state index contributed by atoms with van der Waals surface area (Å²) in [6.45, 7) is 0. The Morgan fingerprint density at radius 1 is 1.20 bits per heavy atom. The maximum atomic E-state index is 4.43. The van der Waals surface area contributed by atoms with E-state index in [1.165, 1.54) is 15.8 Å². The molecule has 1 unspecified atom stereocenters. The van der Waals surface area contributed by atoms with Crippen LogP contribution in [0.2, 0.25) is 0 Å². The van der Waals surface area contributed by atoms with Crippen LogP contribution in [0.4, 0.5) is 0 Å². The lowest BCUT2D eigenvalue weighted by molar-refractivity contribution is 0.709. The summed E-state index contributed by atoms with van der Waals surface area (Å²) >= 11 is 8.86. The predicted molar refractivity (Wildman–Crippen MR) is 92.4 cm³/mol. The molecule has 20 heavy (non-hydrogen) atoms. The summed E-state index contributed by atoms with van der Waals surface area (Å²) in [6.07, 6.45) is 1.83. The van der Waals surface area contributed by atoms with Crippen molar-refractivity contribution in [3.05, 3.63) is 61.3 Å². The Bertz CT molecular complexity index is 730. The summed E-state index contributed by atoms with van der Waals surface area (Å²) in [4.78, 5) is 5.70. The number of halogens is 2. The van der Waals surface area contributed by atoms with Gasteiger partial charge in [-0.3, -0.25) is 4.98 Å². The van der Waals surface area contributed by atoms with E-state index in [0.29, 0.717) is 0 Å². The van der Waals surface area contributed by atoms with Gasteiger partial charge >= 0.3 is 0 Å². The van der Waals surface area contributed by atoms with E-state index in [1.54, 1.807) is 11.3 Å². The molecule has 3 aromatic rings. The Morgan fingerprint density at radius 3 is 2.75 bits per heavy atom. The number of hydrogen-bond acceptors (Lipinski definition) is 3. The van der Waals surface area contributed by atoms with Gasteiger partial charge in [-0.2, -0.15) is 0 Å². The van der Waals surface area contributed by atoms with Crippen LogP contribution in [0.25, 0.3) is 10.9 Å². The first-order valence-electron chi connectivity index (χ1n) is 6.16. The van der Waals surface area contributed by atoms with Crippen LogP contribution in [0, 0.1) is 0 Å². The molecule has 0 spiro atoms. The molecule has 0 bridgehead atoms. The molecule has 5 heteroatoms. The highest BCUT2D eigenvalue weighted by molar-refractivity contribution is 9.13. The maximum Gasteiger partial charge on any atom is 0.0843 e. The zero-order valence-electron chi connectivity index (χ0n) is 10.7. The Labute approximate surface area is 138 Å². The molecule has 0 saturated carbocycles. The second kappa shape index (κ2) is 5.93. The molecule has 2 aromatic heterocycles. The van der Waals surface area contributed by atoms with Crippen molar-refractivity contribution in [1.29, 1.82) is 0 Å². The summed E-state index contributed by atoms with van der Waals surface area (Å²) in [5, 5.41) is 4.60. The minimum absolute atomic E-state index is 0.162. The number of pyridine rings is 1. The third-order valence-corrected chi connectivity index (χ3v) is 6.55. The van der Waals surface area contributed by atoms with E-state index < -0.39 is 0 Å². The summed E-state index contributed by atoms with van der Waals surface area (Å²) in [5.41, 5.74) is 2.28. The molecule has 2 nitrogen and oxygen atoms in total. The van der Waals surface area contributed by atoms with Crippen molar-refractivity contribution >= 4 is 54.1 Å². The normalized spacial score (nSPS) is 12.8. The lowest BCUT2D eigenvalue weighted by Crippen LogP contribution is -2.16. The smallest absolute Gasteiger partial charge is 0.0843 e. The molecule has 2 heterocycles. The first-order chi connectivity index (χ1) is 9.70. The third kappa shape index (κ3) is 2.55. The van der Waals surface area contributed by atoms with Gasteiger partial charge in [0.05, 0.1) is 15.3 Å². The summed E-state index contributed by atoms with van der Waals surface area (Å²) < 4.78 is 2.21. The van der Waals surface area contributed by atoms with Crippen molar-refractivity contribution in [2.24, 2.45) is 0 Å². The van der Waals surface area contributed by atoms with Gasteiger partial charge in [0.1, 0.15) is 0 Å². The topological polar surface area (TPSA) is 24.9 Å². The number of rotatable bonds is 3. The highest BCUT2D eigenvalue weighted by atomic mass is 79.9. The highest BCUT2D eigenvalue weighted by Crippen LogP contribution is 2.38. The largest absolute Gasteiger partial charge is 0.309 e. The molecule has 1 N–H and O–H groups in total. The van der Waals surface area contributed by atoms with Crippen LogP contribution in [0.3, 0.4) is 0 Å². The van der Waals surface area contributed by atoms with Gasteiger partial charge in [-0.25, -0.2) is 0 Å². The van der Waals surface area contributed by atoms with Crippen LogP contribution in [-0.4, -0.2) is 12.0 Å². The molecular formula is C15H12Br2N2S. The van der Waals surface area contributed by atoms with Crippen molar-refractivity contribution in [3.8, 4) is 0 Å². The minimum Gasteiger partial charge on any atom is -0.309 e. The third-order valence-electron chi connectivity index (χ3n) is 3.23. The average Bonchev–Trinajstić information content (AvgIpc) is 2.79. The first kappa shape index (κ1) is 14.2. The number of nitrogens with zero attached hydrogens (tertiary/aromatic N) is 1. The predicted octanol–water partition coefficient (Wildman–Crippen LogP) is 5.13. The second-order valence-corrected chi connectivity index (χ2v) is 7.67. The summed E-state index contributed by atoms with van der Waals surface area (Å²) in [7, 11) is 1.99. The lowest BCUT2D eigenvalue weighted by Gasteiger charge is -2.17. The SMILES string of the molecule is CNC(c1cc(Br)c(Br)s1)c1cccc2ncccc12. The number of nitrogens with one attached hydrogen (secondary N) is 1. The van der Waals surface area contributed by atoms with Crippen molar-refractivity contribution < 1.29 is 0 Å². The molecule has 0 amide bonds. The first-order valence-corrected chi connectivity index (χ1v) is 8.56. The molecule has 0 aliphatic heterocycles. The van der Waals surface area contributed by atoms with E-state index in [9.17, 15) is 0 Å². The van der Waals surface area contributed by atoms with E-state index >= 15 is 0 Å². The van der Waals surface area contributed by atoms with Crippen molar-refractivity contribution in [3.63, 3.8) is 0 Å². The Hall–Kier alpha value is -0.750. The molecule has 102 valence electrons. The van der Waals surface area contributed by atoms with Crippen LogP contribution in [0.15, 0.2) is 50.9 Å². The fraction of sp³-hybridized carbons (Fsp3) is 0.133. The highest BCUT2D eigenvalue weighted by Gasteiger charge is 2.18. The number of aromatic nitrogens is 1. The number of hydrogen-bond donors (Lipinski definition) is 1. The molecule has 0 aliphatic rings. The van der Waals surface area contributed by atoms with Crippen LogP contribution < -0.4 is 5.32 Å². The second-order valence-electron chi connectivity index (χ2n) is 4.41. The van der Waals surface area contributed by atoms with Crippen molar-refractivity contribution in [2.75, 3.05) is 7.05 Å². The average molecular weight is 412 g/mol. The van der Waals surface area contributed by atoms with Gasteiger partial charge < -0.3 is 5.32 Å². The fourth-order valence-electron chi connectivity index (χ4n) is 2.34. The zero-order chi connectivity index (χ0) is 14.1. The van der Waals surface area contributed by atoms with Crippen LogP contribution in [0.1, 0.15) is 16.5 Å². The van der Waals surface area contributed by atoms with Gasteiger partial charge in [0.2, 0.25) is 0 Å². The molecule has 0 fully saturated rings. The van der Waals surface area contributed by atoms with Gasteiger partial charge in [-0.15, -0.1) is 11.3 Å². The Balaban J connectivity index is 2.16. The molecule has 3 rings (SSSR count). The molecule has 0 radical (unpaired) electrons. The monoisotopic (exact) mass is 410 g/mol. The fourth-order valence-corrected chi connectivity index (χ4v) is 4.55. The molecule has 1 aromatic carbocycles.